The number of thioether (sulfide) groups is 2. The molecule has 0 saturated carbocycles. The monoisotopic (exact) mass is 411 g/mol. The Bertz CT molecular complexity index is 1030. The van der Waals surface area contributed by atoms with Crippen molar-refractivity contribution in [2.24, 2.45) is 0 Å². The molecule has 1 amide bonds. The Labute approximate surface area is 172 Å². The zero-order valence-electron chi connectivity index (χ0n) is 16.2. The molecule has 1 N–H and O–H groups in total. The summed E-state index contributed by atoms with van der Waals surface area (Å²) in [5.41, 5.74) is 4.76. The van der Waals surface area contributed by atoms with Gasteiger partial charge in [0.25, 0.3) is 5.95 Å². The highest BCUT2D eigenvalue weighted by molar-refractivity contribution is 8.00. The summed E-state index contributed by atoms with van der Waals surface area (Å²) >= 11 is 3.33. The Morgan fingerprint density at radius 1 is 1.14 bits per heavy atom. The fraction of sp³-hybridized carbons (Fsp3) is 0.300. The summed E-state index contributed by atoms with van der Waals surface area (Å²) in [5, 5.41) is 7.74. The van der Waals surface area contributed by atoms with E-state index in [1.165, 1.54) is 4.90 Å². The quantitative estimate of drug-likeness (QED) is 0.655. The number of nitrogens with zero attached hydrogens (tertiary/aromatic N) is 4. The van der Waals surface area contributed by atoms with Crippen LogP contribution in [0.1, 0.15) is 33.5 Å². The molecule has 0 spiro atoms. The van der Waals surface area contributed by atoms with Gasteiger partial charge in [-0.05, 0) is 50.8 Å². The predicted molar refractivity (Wildman–Crippen MR) is 115 cm³/mol. The molecular weight excluding hydrogens is 390 g/mol. The lowest BCUT2D eigenvalue weighted by Gasteiger charge is -2.15. The number of nitrogens with one attached hydrogen (secondary N) is 1. The largest absolute Gasteiger partial charge is 0.309 e. The van der Waals surface area contributed by atoms with E-state index in [2.05, 4.69) is 50.9 Å². The predicted octanol–water partition coefficient (Wildman–Crippen LogP) is 4.08. The van der Waals surface area contributed by atoms with Crippen LogP contribution in [0.4, 0.5) is 5.82 Å². The van der Waals surface area contributed by atoms with E-state index in [9.17, 15) is 4.79 Å². The summed E-state index contributed by atoms with van der Waals surface area (Å²) in [6.45, 7) is 5.83. The summed E-state index contributed by atoms with van der Waals surface area (Å²) in [5.74, 6) is 1.48. The van der Waals surface area contributed by atoms with E-state index in [0.29, 0.717) is 17.5 Å². The lowest BCUT2D eigenvalue weighted by Crippen LogP contribution is -2.17. The van der Waals surface area contributed by atoms with Crippen LogP contribution >= 0.6 is 23.5 Å². The second-order valence-corrected chi connectivity index (χ2v) is 8.70. The number of carbonyl (C=O) groups is 1. The van der Waals surface area contributed by atoms with E-state index in [-0.39, 0.29) is 11.2 Å². The highest BCUT2D eigenvalue weighted by Gasteiger charge is 2.31. The highest BCUT2D eigenvalue weighted by atomic mass is 32.2. The maximum Gasteiger partial charge on any atom is 0.252 e. The summed E-state index contributed by atoms with van der Waals surface area (Å²) in [6, 6.07) is 10.4. The van der Waals surface area contributed by atoms with E-state index in [1.54, 1.807) is 28.2 Å². The van der Waals surface area contributed by atoms with Crippen molar-refractivity contribution in [1.29, 1.82) is 0 Å². The molecule has 0 fully saturated rings. The fourth-order valence-corrected chi connectivity index (χ4v) is 4.97. The van der Waals surface area contributed by atoms with Crippen LogP contribution in [-0.4, -0.2) is 37.7 Å². The average Bonchev–Trinajstić information content (AvgIpc) is 2.87. The van der Waals surface area contributed by atoms with E-state index in [0.717, 1.165) is 28.2 Å². The molecule has 0 saturated heterocycles. The minimum atomic E-state index is -0.0417. The normalized spacial score (nSPS) is 16.4. The first-order valence-electron chi connectivity index (χ1n) is 8.94. The van der Waals surface area contributed by atoms with Gasteiger partial charge in [-0.15, -0.1) is 23.5 Å². The van der Waals surface area contributed by atoms with Crippen LogP contribution in [-0.2, 0) is 4.79 Å². The van der Waals surface area contributed by atoms with Gasteiger partial charge < -0.3 is 5.32 Å². The first-order chi connectivity index (χ1) is 13.5. The third-order valence-electron chi connectivity index (χ3n) is 4.59. The van der Waals surface area contributed by atoms with Crippen molar-refractivity contribution in [3.8, 4) is 5.95 Å². The Hall–Kier alpha value is -2.32. The Morgan fingerprint density at radius 3 is 2.46 bits per heavy atom. The average molecular weight is 412 g/mol. The minimum Gasteiger partial charge on any atom is -0.309 e. The maximum atomic E-state index is 12.4. The van der Waals surface area contributed by atoms with Gasteiger partial charge in [-0.25, -0.2) is 9.97 Å². The summed E-state index contributed by atoms with van der Waals surface area (Å²) in [6.07, 6.45) is 2.06. The topological polar surface area (TPSA) is 72.7 Å². The molecule has 3 heterocycles. The standard InChI is InChI=1S/C20H21N5OS2/c1-11-9-12(2)22-20(21-11)25-19-17(13(3)24-25)18(28-10-16(26)23-19)14-5-7-15(27-4)8-6-14/h5-9,18H,10H2,1-4H3,(H,23,26)/t18-/m0/s1. The first-order valence-corrected chi connectivity index (χ1v) is 11.2. The summed E-state index contributed by atoms with van der Waals surface area (Å²) in [4.78, 5) is 22.7. The molecule has 0 unspecified atom stereocenters. The second-order valence-electron chi connectivity index (χ2n) is 6.72. The molecule has 4 rings (SSSR count). The minimum absolute atomic E-state index is 0.0181. The number of anilines is 1. The van der Waals surface area contributed by atoms with Crippen LogP contribution in [0.3, 0.4) is 0 Å². The molecule has 0 aliphatic carbocycles. The van der Waals surface area contributed by atoms with E-state index in [1.807, 2.05) is 26.8 Å². The van der Waals surface area contributed by atoms with Gasteiger partial charge in [0.15, 0.2) is 0 Å². The molecule has 6 nitrogen and oxygen atoms in total. The number of rotatable bonds is 3. The van der Waals surface area contributed by atoms with Crippen molar-refractivity contribution in [2.45, 2.75) is 30.9 Å². The third-order valence-corrected chi connectivity index (χ3v) is 6.60. The second kappa shape index (κ2) is 7.60. The lowest BCUT2D eigenvalue weighted by molar-refractivity contribution is -0.113. The fourth-order valence-electron chi connectivity index (χ4n) is 3.37. The molecule has 2 aromatic heterocycles. The first kappa shape index (κ1) is 19.0. The number of hydrogen-bond donors (Lipinski definition) is 1. The van der Waals surface area contributed by atoms with Crippen molar-refractivity contribution in [3.63, 3.8) is 0 Å². The van der Waals surface area contributed by atoms with E-state index in [4.69, 9.17) is 0 Å². The van der Waals surface area contributed by atoms with E-state index < -0.39 is 0 Å². The molecule has 1 aliphatic rings. The SMILES string of the molecule is CSc1ccc([C@@H]2SCC(=O)Nc3c2c(C)nn3-c2nc(C)cc(C)n2)cc1. The van der Waals surface area contributed by atoms with Crippen molar-refractivity contribution in [3.05, 3.63) is 58.5 Å². The van der Waals surface area contributed by atoms with Gasteiger partial charge in [0.05, 0.1) is 16.7 Å². The van der Waals surface area contributed by atoms with Crippen LogP contribution in [0, 0.1) is 20.8 Å². The van der Waals surface area contributed by atoms with Crippen molar-refractivity contribution >= 4 is 35.2 Å². The zero-order chi connectivity index (χ0) is 19.8. The van der Waals surface area contributed by atoms with Gasteiger partial charge in [0.2, 0.25) is 5.91 Å². The number of benzene rings is 1. The van der Waals surface area contributed by atoms with Gasteiger partial charge in [-0.2, -0.15) is 9.78 Å². The molecule has 144 valence electrons. The number of carbonyl (C=O) groups excluding carboxylic acids is 1. The molecule has 1 atom stereocenters. The molecule has 28 heavy (non-hydrogen) atoms. The molecule has 1 aromatic carbocycles. The Morgan fingerprint density at radius 2 is 1.82 bits per heavy atom. The van der Waals surface area contributed by atoms with Crippen molar-refractivity contribution in [1.82, 2.24) is 19.7 Å². The van der Waals surface area contributed by atoms with Gasteiger partial charge in [-0.1, -0.05) is 12.1 Å². The third kappa shape index (κ3) is 3.54. The maximum absolute atomic E-state index is 12.4. The smallest absolute Gasteiger partial charge is 0.252 e. The summed E-state index contributed by atoms with van der Waals surface area (Å²) in [7, 11) is 0. The van der Waals surface area contributed by atoms with Gasteiger partial charge in [-0.3, -0.25) is 4.79 Å². The molecule has 8 heteroatoms. The number of amides is 1. The Kier molecular flexibility index (Phi) is 5.16. The van der Waals surface area contributed by atoms with Crippen LogP contribution in [0.5, 0.6) is 0 Å². The number of fused-ring (bicyclic) bond motifs is 1. The molecule has 3 aromatic rings. The van der Waals surface area contributed by atoms with E-state index >= 15 is 0 Å². The highest BCUT2D eigenvalue weighted by Crippen LogP contribution is 2.43. The molecule has 0 bridgehead atoms. The number of aromatic nitrogens is 4. The van der Waals surface area contributed by atoms with Crippen LogP contribution in [0.15, 0.2) is 35.2 Å². The van der Waals surface area contributed by atoms with Crippen molar-refractivity contribution in [2.75, 3.05) is 17.3 Å². The van der Waals surface area contributed by atoms with Gasteiger partial charge >= 0.3 is 0 Å². The lowest BCUT2D eigenvalue weighted by atomic mass is 10.0. The summed E-state index contributed by atoms with van der Waals surface area (Å²) < 4.78 is 1.66. The molecule has 0 radical (unpaired) electrons. The Balaban J connectivity index is 1.87. The van der Waals surface area contributed by atoms with Crippen LogP contribution < -0.4 is 5.32 Å². The van der Waals surface area contributed by atoms with Crippen LogP contribution in [0.2, 0.25) is 0 Å². The van der Waals surface area contributed by atoms with Crippen molar-refractivity contribution < 1.29 is 4.79 Å². The zero-order valence-corrected chi connectivity index (χ0v) is 17.8. The number of aryl methyl sites for hydroxylation is 3. The van der Waals surface area contributed by atoms with Crippen LogP contribution in [0.25, 0.3) is 5.95 Å². The molecule has 1 aliphatic heterocycles. The van der Waals surface area contributed by atoms with Gasteiger partial charge in [0.1, 0.15) is 5.82 Å². The number of hydrogen-bond acceptors (Lipinski definition) is 6. The molecular formula is C20H21N5OS2. The van der Waals surface area contributed by atoms with Gasteiger partial charge in [0, 0.05) is 21.8 Å².